The van der Waals surface area contributed by atoms with Gasteiger partial charge >= 0.3 is 0 Å². The third-order valence-corrected chi connectivity index (χ3v) is 5.83. The van der Waals surface area contributed by atoms with Crippen molar-refractivity contribution in [3.63, 3.8) is 0 Å². The van der Waals surface area contributed by atoms with E-state index in [2.05, 4.69) is 70.8 Å². The number of halogens is 1. The fourth-order valence-corrected chi connectivity index (χ4v) is 4.22. The normalized spacial score (nSPS) is 16.3. The van der Waals surface area contributed by atoms with Crippen molar-refractivity contribution in [2.24, 2.45) is 4.99 Å². The lowest BCUT2D eigenvalue weighted by Crippen LogP contribution is -2.46. The summed E-state index contributed by atoms with van der Waals surface area (Å²) >= 11 is 1.82. The van der Waals surface area contributed by atoms with Crippen LogP contribution >= 0.6 is 35.3 Å². The standard InChI is InChI=1S/C21H30N4OS.HI/c1-16-5-4-6-18(13-16)20(25-9-11-26-12-10-25)15-24-21(22-3)23-14-19-8-7-17(2)27-19;/h4-8,13,20H,9-12,14-15H2,1-3H3,(H2,22,23,24);1H. The number of rotatable bonds is 6. The lowest BCUT2D eigenvalue weighted by Gasteiger charge is -2.35. The SMILES string of the molecule is CN=C(NCc1ccc(C)s1)NCC(c1cccc(C)c1)N1CCOCC1.I. The summed E-state index contributed by atoms with van der Waals surface area (Å²) in [5.74, 6) is 0.840. The van der Waals surface area contributed by atoms with Crippen LogP contribution in [0.4, 0.5) is 0 Å². The first-order chi connectivity index (χ1) is 13.2. The third-order valence-electron chi connectivity index (χ3n) is 4.83. The van der Waals surface area contributed by atoms with Crippen LogP contribution in [0.5, 0.6) is 0 Å². The van der Waals surface area contributed by atoms with Gasteiger partial charge in [-0.25, -0.2) is 0 Å². The van der Waals surface area contributed by atoms with E-state index in [-0.39, 0.29) is 24.0 Å². The van der Waals surface area contributed by atoms with Crippen LogP contribution in [-0.4, -0.2) is 50.8 Å². The highest BCUT2D eigenvalue weighted by Gasteiger charge is 2.23. The Kier molecular flexibility index (Phi) is 9.70. The zero-order chi connectivity index (χ0) is 19.1. The van der Waals surface area contributed by atoms with Crippen LogP contribution in [0.1, 0.15) is 26.9 Å². The Balaban J connectivity index is 0.00000280. The van der Waals surface area contributed by atoms with Gasteiger partial charge in [-0.1, -0.05) is 29.8 Å². The first-order valence-electron chi connectivity index (χ1n) is 9.54. The number of hydrogen-bond donors (Lipinski definition) is 2. The largest absolute Gasteiger partial charge is 0.379 e. The Morgan fingerprint density at radius 2 is 1.96 bits per heavy atom. The van der Waals surface area contributed by atoms with Gasteiger partial charge in [0, 0.05) is 36.4 Å². The van der Waals surface area contributed by atoms with Crippen molar-refractivity contribution in [1.29, 1.82) is 0 Å². The van der Waals surface area contributed by atoms with Gasteiger partial charge in [0.1, 0.15) is 0 Å². The number of benzene rings is 1. The maximum atomic E-state index is 5.55. The lowest BCUT2D eigenvalue weighted by molar-refractivity contribution is 0.0170. The number of aryl methyl sites for hydroxylation is 2. The molecule has 0 amide bonds. The van der Waals surface area contributed by atoms with Gasteiger partial charge in [0.25, 0.3) is 0 Å². The van der Waals surface area contributed by atoms with Crippen molar-refractivity contribution in [1.82, 2.24) is 15.5 Å². The molecule has 2 aromatic rings. The summed E-state index contributed by atoms with van der Waals surface area (Å²) in [6.07, 6.45) is 0. The molecule has 28 heavy (non-hydrogen) atoms. The zero-order valence-corrected chi connectivity index (χ0v) is 20.1. The Morgan fingerprint density at radius 3 is 2.61 bits per heavy atom. The molecule has 2 heterocycles. The van der Waals surface area contributed by atoms with Gasteiger partial charge in [0.2, 0.25) is 0 Å². The molecule has 154 valence electrons. The lowest BCUT2D eigenvalue weighted by atomic mass is 10.0. The molecule has 7 heteroatoms. The Morgan fingerprint density at radius 1 is 1.18 bits per heavy atom. The Labute approximate surface area is 189 Å². The van der Waals surface area contributed by atoms with Crippen LogP contribution in [0.2, 0.25) is 0 Å². The van der Waals surface area contributed by atoms with Crippen LogP contribution in [0.25, 0.3) is 0 Å². The van der Waals surface area contributed by atoms with Gasteiger partial charge in [0.15, 0.2) is 5.96 Å². The highest BCUT2D eigenvalue weighted by molar-refractivity contribution is 14.0. The number of morpholine rings is 1. The van der Waals surface area contributed by atoms with Gasteiger partial charge < -0.3 is 15.4 Å². The maximum absolute atomic E-state index is 5.55. The zero-order valence-electron chi connectivity index (χ0n) is 16.9. The fourth-order valence-electron chi connectivity index (χ4n) is 3.39. The molecule has 1 unspecified atom stereocenters. The smallest absolute Gasteiger partial charge is 0.191 e. The average molecular weight is 514 g/mol. The summed E-state index contributed by atoms with van der Waals surface area (Å²) in [5, 5.41) is 6.95. The molecule has 3 rings (SSSR count). The van der Waals surface area contributed by atoms with Gasteiger partial charge in [0.05, 0.1) is 25.8 Å². The second kappa shape index (κ2) is 11.7. The van der Waals surface area contributed by atoms with Crippen molar-refractivity contribution < 1.29 is 4.74 Å². The summed E-state index contributed by atoms with van der Waals surface area (Å²) in [6, 6.07) is 13.4. The van der Waals surface area contributed by atoms with Crippen LogP contribution in [-0.2, 0) is 11.3 Å². The monoisotopic (exact) mass is 514 g/mol. The van der Waals surface area contributed by atoms with Crippen molar-refractivity contribution in [2.75, 3.05) is 39.9 Å². The fraction of sp³-hybridized carbons (Fsp3) is 0.476. The summed E-state index contributed by atoms with van der Waals surface area (Å²) in [4.78, 5) is 9.55. The molecular weight excluding hydrogens is 483 g/mol. The molecule has 0 spiro atoms. The number of hydrogen-bond acceptors (Lipinski definition) is 4. The van der Waals surface area contributed by atoms with Crippen LogP contribution in [0, 0.1) is 13.8 Å². The quantitative estimate of drug-likeness (QED) is 0.351. The Bertz CT molecular complexity index is 758. The molecule has 1 atom stereocenters. The van der Waals surface area contributed by atoms with E-state index < -0.39 is 0 Å². The molecule has 0 radical (unpaired) electrons. The van der Waals surface area contributed by atoms with E-state index in [9.17, 15) is 0 Å². The van der Waals surface area contributed by atoms with Crippen molar-refractivity contribution in [3.05, 3.63) is 57.3 Å². The number of nitrogens with zero attached hydrogens (tertiary/aromatic N) is 2. The Hall–Kier alpha value is -1.16. The summed E-state index contributed by atoms with van der Waals surface area (Å²) in [6.45, 7) is 9.41. The highest BCUT2D eigenvalue weighted by atomic mass is 127. The van der Waals surface area contributed by atoms with Gasteiger partial charge in [-0.15, -0.1) is 35.3 Å². The molecule has 5 nitrogen and oxygen atoms in total. The van der Waals surface area contributed by atoms with Crippen LogP contribution in [0.3, 0.4) is 0 Å². The average Bonchev–Trinajstić information content (AvgIpc) is 3.10. The molecular formula is C21H31IN4OS. The van der Waals surface area contributed by atoms with E-state index in [4.69, 9.17) is 4.74 Å². The van der Waals surface area contributed by atoms with E-state index in [1.165, 1.54) is 20.9 Å². The van der Waals surface area contributed by atoms with Gasteiger partial charge in [-0.05, 0) is 31.5 Å². The molecule has 1 aromatic heterocycles. The minimum atomic E-state index is 0. The molecule has 1 saturated heterocycles. The molecule has 1 aliphatic rings. The molecule has 2 N–H and O–H groups in total. The number of guanidine groups is 1. The predicted octanol–water partition coefficient (Wildman–Crippen LogP) is 3.72. The summed E-state index contributed by atoms with van der Waals surface area (Å²) in [5.41, 5.74) is 2.63. The second-order valence-electron chi connectivity index (χ2n) is 6.90. The van der Waals surface area contributed by atoms with E-state index in [1.54, 1.807) is 0 Å². The first kappa shape index (κ1) is 23.1. The molecule has 0 saturated carbocycles. The van der Waals surface area contributed by atoms with Crippen molar-refractivity contribution in [2.45, 2.75) is 26.4 Å². The van der Waals surface area contributed by atoms with E-state index in [1.807, 2.05) is 18.4 Å². The van der Waals surface area contributed by atoms with Crippen molar-refractivity contribution in [3.8, 4) is 0 Å². The third kappa shape index (κ3) is 6.72. The molecule has 1 aliphatic heterocycles. The van der Waals surface area contributed by atoms with E-state index in [0.717, 1.165) is 45.4 Å². The maximum Gasteiger partial charge on any atom is 0.191 e. The number of ether oxygens (including phenoxy) is 1. The predicted molar refractivity (Wildman–Crippen MR) is 129 cm³/mol. The van der Waals surface area contributed by atoms with E-state index in [0.29, 0.717) is 6.04 Å². The van der Waals surface area contributed by atoms with Crippen LogP contribution < -0.4 is 10.6 Å². The van der Waals surface area contributed by atoms with Gasteiger partial charge in [-0.3, -0.25) is 9.89 Å². The minimum absolute atomic E-state index is 0. The number of thiophene rings is 1. The molecule has 0 aliphatic carbocycles. The minimum Gasteiger partial charge on any atom is -0.379 e. The topological polar surface area (TPSA) is 48.9 Å². The number of nitrogens with one attached hydrogen (secondary N) is 2. The van der Waals surface area contributed by atoms with Gasteiger partial charge in [-0.2, -0.15) is 0 Å². The molecule has 0 bridgehead atoms. The summed E-state index contributed by atoms with van der Waals surface area (Å²) < 4.78 is 5.55. The molecule has 1 fully saturated rings. The second-order valence-corrected chi connectivity index (χ2v) is 8.27. The first-order valence-corrected chi connectivity index (χ1v) is 10.4. The molecule has 1 aromatic carbocycles. The summed E-state index contributed by atoms with van der Waals surface area (Å²) in [7, 11) is 1.82. The van der Waals surface area contributed by atoms with Crippen molar-refractivity contribution >= 4 is 41.3 Å². The highest BCUT2D eigenvalue weighted by Crippen LogP contribution is 2.22. The number of aliphatic imine (C=N–C) groups is 1. The van der Waals surface area contributed by atoms with Crippen LogP contribution in [0.15, 0.2) is 41.4 Å². The van der Waals surface area contributed by atoms with E-state index >= 15 is 0 Å².